The van der Waals surface area contributed by atoms with Crippen molar-refractivity contribution in [2.24, 2.45) is 17.6 Å². The van der Waals surface area contributed by atoms with Crippen LogP contribution in [-0.4, -0.2) is 26.0 Å². The number of sulfone groups is 1. The van der Waals surface area contributed by atoms with Crippen molar-refractivity contribution in [2.45, 2.75) is 39.2 Å². The summed E-state index contributed by atoms with van der Waals surface area (Å²) in [7, 11) is -2.73. The van der Waals surface area contributed by atoms with Gasteiger partial charge in [-0.25, -0.2) is 8.42 Å². The van der Waals surface area contributed by atoms with Crippen LogP contribution in [0.1, 0.15) is 33.1 Å². The average molecular weight is 219 g/mol. The van der Waals surface area contributed by atoms with Crippen LogP contribution in [0.2, 0.25) is 0 Å². The molecule has 0 radical (unpaired) electrons. The van der Waals surface area contributed by atoms with E-state index in [2.05, 4.69) is 13.8 Å². The van der Waals surface area contributed by atoms with Crippen LogP contribution < -0.4 is 5.73 Å². The first-order valence-electron chi connectivity index (χ1n) is 5.35. The second-order valence-corrected chi connectivity index (χ2v) is 7.12. The minimum atomic E-state index is -2.73. The van der Waals surface area contributed by atoms with Gasteiger partial charge in [0.1, 0.15) is 0 Å². The third kappa shape index (κ3) is 3.96. The number of hydrogen-bond acceptors (Lipinski definition) is 3. The minimum absolute atomic E-state index is 0.174. The molecule has 0 saturated carbocycles. The topological polar surface area (TPSA) is 60.2 Å². The van der Waals surface area contributed by atoms with Crippen molar-refractivity contribution in [3.63, 3.8) is 0 Å². The lowest BCUT2D eigenvalue weighted by molar-refractivity contribution is 0.410. The highest BCUT2D eigenvalue weighted by molar-refractivity contribution is 7.91. The summed E-state index contributed by atoms with van der Waals surface area (Å²) in [5, 5.41) is 0. The molecule has 2 unspecified atom stereocenters. The molecule has 0 amide bonds. The minimum Gasteiger partial charge on any atom is -0.328 e. The Balaban J connectivity index is 2.32. The van der Waals surface area contributed by atoms with E-state index in [4.69, 9.17) is 5.73 Å². The van der Waals surface area contributed by atoms with Gasteiger partial charge in [0, 0.05) is 6.04 Å². The van der Waals surface area contributed by atoms with Gasteiger partial charge in [0.15, 0.2) is 9.84 Å². The van der Waals surface area contributed by atoms with E-state index < -0.39 is 9.84 Å². The molecule has 1 heterocycles. The fourth-order valence-corrected chi connectivity index (χ4v) is 4.07. The Morgan fingerprint density at radius 2 is 2.07 bits per heavy atom. The molecule has 2 N–H and O–H groups in total. The molecule has 84 valence electrons. The average Bonchev–Trinajstić information content (AvgIpc) is 2.27. The molecule has 0 aromatic rings. The van der Waals surface area contributed by atoms with Gasteiger partial charge in [0.05, 0.1) is 11.5 Å². The zero-order valence-electron chi connectivity index (χ0n) is 9.07. The van der Waals surface area contributed by atoms with E-state index in [0.29, 0.717) is 23.3 Å². The Morgan fingerprint density at radius 3 is 2.50 bits per heavy atom. The second-order valence-electron chi connectivity index (χ2n) is 4.89. The Bertz CT molecular complexity index is 272. The van der Waals surface area contributed by atoms with Gasteiger partial charge < -0.3 is 5.73 Å². The maximum absolute atomic E-state index is 11.2. The van der Waals surface area contributed by atoms with Crippen LogP contribution in [0.4, 0.5) is 0 Å². The van der Waals surface area contributed by atoms with Gasteiger partial charge in [-0.1, -0.05) is 13.8 Å². The maximum Gasteiger partial charge on any atom is 0.150 e. The van der Waals surface area contributed by atoms with E-state index in [9.17, 15) is 8.42 Å². The van der Waals surface area contributed by atoms with Crippen LogP contribution in [0.15, 0.2) is 0 Å². The predicted molar refractivity (Wildman–Crippen MR) is 58.8 cm³/mol. The smallest absolute Gasteiger partial charge is 0.150 e. The molecule has 1 aliphatic heterocycles. The van der Waals surface area contributed by atoms with Gasteiger partial charge in [-0.15, -0.1) is 0 Å². The Hall–Kier alpha value is -0.0900. The van der Waals surface area contributed by atoms with Gasteiger partial charge in [0.2, 0.25) is 0 Å². The van der Waals surface area contributed by atoms with Gasteiger partial charge in [0.25, 0.3) is 0 Å². The quantitative estimate of drug-likeness (QED) is 0.772. The molecule has 14 heavy (non-hydrogen) atoms. The fraction of sp³-hybridized carbons (Fsp3) is 1.00. The molecule has 0 spiro atoms. The molecule has 0 aliphatic carbocycles. The molecule has 2 atom stereocenters. The van der Waals surface area contributed by atoms with Crippen LogP contribution in [0.3, 0.4) is 0 Å². The molecule has 1 aliphatic rings. The van der Waals surface area contributed by atoms with Gasteiger partial charge >= 0.3 is 0 Å². The summed E-state index contributed by atoms with van der Waals surface area (Å²) in [4.78, 5) is 0. The van der Waals surface area contributed by atoms with E-state index in [1.54, 1.807) is 0 Å². The van der Waals surface area contributed by atoms with Crippen molar-refractivity contribution in [3.05, 3.63) is 0 Å². The summed E-state index contributed by atoms with van der Waals surface area (Å²) in [5.41, 5.74) is 5.95. The van der Waals surface area contributed by atoms with Crippen molar-refractivity contribution >= 4 is 9.84 Å². The third-order valence-corrected chi connectivity index (χ3v) is 4.57. The molecule has 0 aromatic carbocycles. The normalized spacial score (nSPS) is 28.1. The molecule has 1 fully saturated rings. The molecule has 1 saturated heterocycles. The van der Waals surface area contributed by atoms with Crippen molar-refractivity contribution < 1.29 is 8.42 Å². The van der Waals surface area contributed by atoms with E-state index in [1.165, 1.54) is 0 Å². The summed E-state index contributed by atoms with van der Waals surface area (Å²) in [6, 6.07) is 0.174. The SMILES string of the molecule is CC(C)CC(N)CC1CCS(=O)(=O)C1. The zero-order chi connectivity index (χ0) is 10.8. The molecule has 1 rings (SSSR count). The molecule has 0 bridgehead atoms. The number of nitrogens with two attached hydrogens (primary N) is 1. The van der Waals surface area contributed by atoms with Crippen molar-refractivity contribution in [1.82, 2.24) is 0 Å². The van der Waals surface area contributed by atoms with Crippen LogP contribution in [-0.2, 0) is 9.84 Å². The molecule has 3 nitrogen and oxygen atoms in total. The third-order valence-electron chi connectivity index (χ3n) is 2.74. The molecular weight excluding hydrogens is 198 g/mol. The first kappa shape index (κ1) is 12.0. The fourth-order valence-electron chi connectivity index (χ4n) is 2.19. The summed E-state index contributed by atoms with van der Waals surface area (Å²) >= 11 is 0. The van der Waals surface area contributed by atoms with Crippen LogP contribution >= 0.6 is 0 Å². The predicted octanol–water partition coefficient (Wildman–Crippen LogP) is 1.18. The zero-order valence-corrected chi connectivity index (χ0v) is 9.89. The highest BCUT2D eigenvalue weighted by atomic mass is 32.2. The van der Waals surface area contributed by atoms with Gasteiger partial charge in [-0.05, 0) is 31.1 Å². The lowest BCUT2D eigenvalue weighted by atomic mass is 9.94. The second kappa shape index (κ2) is 4.62. The Morgan fingerprint density at radius 1 is 1.43 bits per heavy atom. The lowest BCUT2D eigenvalue weighted by Gasteiger charge is -2.17. The molecular formula is C10H21NO2S. The van der Waals surface area contributed by atoms with Crippen molar-refractivity contribution in [2.75, 3.05) is 11.5 Å². The summed E-state index contributed by atoms with van der Waals surface area (Å²) in [6.45, 7) is 4.29. The van der Waals surface area contributed by atoms with Crippen molar-refractivity contribution in [1.29, 1.82) is 0 Å². The Labute approximate surface area is 87.0 Å². The highest BCUT2D eigenvalue weighted by Gasteiger charge is 2.28. The largest absolute Gasteiger partial charge is 0.328 e. The molecule has 0 aromatic heterocycles. The lowest BCUT2D eigenvalue weighted by Crippen LogP contribution is -2.25. The van der Waals surface area contributed by atoms with Crippen LogP contribution in [0.25, 0.3) is 0 Å². The highest BCUT2D eigenvalue weighted by Crippen LogP contribution is 2.23. The monoisotopic (exact) mass is 219 g/mol. The van der Waals surface area contributed by atoms with E-state index >= 15 is 0 Å². The summed E-state index contributed by atoms with van der Waals surface area (Å²) in [6.07, 6.45) is 2.68. The van der Waals surface area contributed by atoms with E-state index in [1.807, 2.05) is 0 Å². The molecule has 4 heteroatoms. The number of hydrogen-bond donors (Lipinski definition) is 1. The van der Waals surface area contributed by atoms with E-state index in [-0.39, 0.29) is 6.04 Å². The summed E-state index contributed by atoms with van der Waals surface area (Å²) in [5.74, 6) is 1.64. The number of rotatable bonds is 4. The first-order chi connectivity index (χ1) is 6.39. The maximum atomic E-state index is 11.2. The van der Waals surface area contributed by atoms with Gasteiger partial charge in [-0.3, -0.25) is 0 Å². The van der Waals surface area contributed by atoms with Crippen LogP contribution in [0, 0.1) is 11.8 Å². The Kier molecular flexibility index (Phi) is 3.95. The van der Waals surface area contributed by atoms with E-state index in [0.717, 1.165) is 19.3 Å². The van der Waals surface area contributed by atoms with Gasteiger partial charge in [-0.2, -0.15) is 0 Å². The van der Waals surface area contributed by atoms with Crippen molar-refractivity contribution in [3.8, 4) is 0 Å². The van der Waals surface area contributed by atoms with Crippen LogP contribution in [0.5, 0.6) is 0 Å². The first-order valence-corrected chi connectivity index (χ1v) is 7.17. The summed E-state index contributed by atoms with van der Waals surface area (Å²) < 4.78 is 22.4. The standard InChI is InChI=1S/C10H21NO2S/c1-8(2)5-10(11)6-9-3-4-14(12,13)7-9/h8-10H,3-7,11H2,1-2H3.